The van der Waals surface area contributed by atoms with E-state index in [4.69, 9.17) is 14.8 Å². The molecule has 3 aromatic rings. The van der Waals surface area contributed by atoms with Crippen LogP contribution >= 0.6 is 27.7 Å². The van der Waals surface area contributed by atoms with Crippen LogP contribution in [0.3, 0.4) is 0 Å². The zero-order chi connectivity index (χ0) is 22.8. The van der Waals surface area contributed by atoms with E-state index >= 15 is 0 Å². The van der Waals surface area contributed by atoms with Gasteiger partial charge in [0.15, 0.2) is 11.3 Å². The number of nitrogens with zero attached hydrogens (tertiary/aromatic N) is 3. The Hall–Kier alpha value is -3.10. The van der Waals surface area contributed by atoms with Gasteiger partial charge in [-0.25, -0.2) is 5.01 Å². The van der Waals surface area contributed by atoms with E-state index in [1.165, 1.54) is 11.8 Å². The minimum Gasteiger partial charge on any atom is -0.494 e. The maximum absolute atomic E-state index is 13.3. The summed E-state index contributed by atoms with van der Waals surface area (Å²) in [4.78, 5) is 18.3. The zero-order valence-corrected chi connectivity index (χ0v) is 20.3. The van der Waals surface area contributed by atoms with Crippen molar-refractivity contribution in [2.75, 3.05) is 6.61 Å². The number of fused-ring (bicyclic) bond motifs is 2. The minimum atomic E-state index is -0.511. The van der Waals surface area contributed by atoms with Crippen LogP contribution in [-0.2, 0) is 10.5 Å². The van der Waals surface area contributed by atoms with Crippen LogP contribution in [-0.4, -0.2) is 22.7 Å². The highest BCUT2D eigenvalue weighted by molar-refractivity contribution is 9.10. The number of nitrogens with one attached hydrogen (secondary N) is 1. The zero-order valence-electron chi connectivity index (χ0n) is 17.9. The standard InChI is InChI=1S/C25H21BrN4O2S/c1-2-32-17-12-13-20(26)19(14-17)23-27-21-11-7-6-10-18(21)22-24(31)28-25(29-30(22)23)33-15-16-8-4-3-5-9-16/h3-14,23H,2,15H2,1H3,(H,28,29,31)/t23-/m0/s1. The second-order valence-electron chi connectivity index (χ2n) is 7.46. The van der Waals surface area contributed by atoms with E-state index in [1.807, 2.05) is 67.6 Å². The number of carbonyl (C=O) groups excluding carboxylic acids is 1. The lowest BCUT2D eigenvalue weighted by atomic mass is 10.1. The Morgan fingerprint density at radius 1 is 1.09 bits per heavy atom. The summed E-state index contributed by atoms with van der Waals surface area (Å²) in [7, 11) is 0. The highest BCUT2D eigenvalue weighted by Crippen LogP contribution is 2.36. The SMILES string of the molecule is CCOc1ccc(Br)c([C@H]2N=c3ccccc3=C3C(=O)NC(SCc4ccccc4)=NN32)c1. The Morgan fingerprint density at radius 2 is 1.88 bits per heavy atom. The van der Waals surface area contributed by atoms with E-state index in [0.29, 0.717) is 23.2 Å². The number of halogens is 1. The van der Waals surface area contributed by atoms with Crippen LogP contribution in [0.4, 0.5) is 0 Å². The van der Waals surface area contributed by atoms with Gasteiger partial charge in [0, 0.05) is 21.0 Å². The van der Waals surface area contributed by atoms with Gasteiger partial charge in [-0.05, 0) is 36.8 Å². The number of hydrogen-bond acceptors (Lipinski definition) is 6. The Kier molecular flexibility index (Phi) is 6.20. The van der Waals surface area contributed by atoms with Crippen molar-refractivity contribution >= 4 is 44.5 Å². The molecule has 33 heavy (non-hydrogen) atoms. The first-order valence-corrected chi connectivity index (χ1v) is 12.4. The second-order valence-corrected chi connectivity index (χ2v) is 9.28. The number of hydrogen-bond donors (Lipinski definition) is 1. The third kappa shape index (κ3) is 4.41. The summed E-state index contributed by atoms with van der Waals surface area (Å²) >= 11 is 5.15. The van der Waals surface area contributed by atoms with Gasteiger partial charge < -0.3 is 4.74 Å². The molecule has 0 fully saturated rings. The fourth-order valence-corrected chi connectivity index (χ4v) is 5.05. The summed E-state index contributed by atoms with van der Waals surface area (Å²) in [5.41, 5.74) is 2.52. The van der Waals surface area contributed by atoms with Gasteiger partial charge in [-0.15, -0.1) is 5.10 Å². The average molecular weight is 521 g/mol. The van der Waals surface area contributed by atoms with Crippen LogP contribution < -0.4 is 20.6 Å². The topological polar surface area (TPSA) is 66.3 Å². The molecule has 2 aliphatic rings. The van der Waals surface area contributed by atoms with Gasteiger partial charge in [0.05, 0.1) is 12.0 Å². The van der Waals surface area contributed by atoms with Crippen LogP contribution in [0.25, 0.3) is 5.70 Å². The molecule has 5 rings (SSSR count). The third-order valence-corrected chi connectivity index (χ3v) is 6.95. The normalized spacial score (nSPS) is 16.8. The van der Waals surface area contributed by atoms with Crippen molar-refractivity contribution in [2.24, 2.45) is 10.1 Å². The van der Waals surface area contributed by atoms with Gasteiger partial charge >= 0.3 is 0 Å². The lowest BCUT2D eigenvalue weighted by Gasteiger charge is -2.34. The number of amides is 1. The molecule has 166 valence electrons. The van der Waals surface area contributed by atoms with Crippen molar-refractivity contribution in [1.29, 1.82) is 0 Å². The number of ether oxygens (including phenoxy) is 1. The molecule has 0 radical (unpaired) electrons. The molecule has 2 heterocycles. The van der Waals surface area contributed by atoms with Crippen molar-refractivity contribution in [2.45, 2.75) is 18.8 Å². The van der Waals surface area contributed by atoms with Gasteiger partial charge in [0.25, 0.3) is 5.91 Å². The summed E-state index contributed by atoms with van der Waals surface area (Å²) in [6.07, 6.45) is -0.511. The monoisotopic (exact) mass is 520 g/mol. The summed E-state index contributed by atoms with van der Waals surface area (Å²) in [5, 5.41) is 11.6. The first kappa shape index (κ1) is 21.7. The van der Waals surface area contributed by atoms with Gasteiger partial charge in [0.1, 0.15) is 11.4 Å². The smallest absolute Gasteiger partial charge is 0.276 e. The van der Waals surface area contributed by atoms with Crippen molar-refractivity contribution in [3.05, 3.63) is 99.0 Å². The quantitative estimate of drug-likeness (QED) is 0.553. The Labute approximate surface area is 204 Å². The molecule has 2 aliphatic heterocycles. The molecule has 0 spiro atoms. The molecule has 3 aromatic carbocycles. The lowest BCUT2D eigenvalue weighted by Crippen LogP contribution is -2.50. The minimum absolute atomic E-state index is 0.190. The predicted octanol–water partition coefficient (Wildman–Crippen LogP) is 3.92. The predicted molar refractivity (Wildman–Crippen MR) is 134 cm³/mol. The first-order chi connectivity index (χ1) is 16.1. The maximum atomic E-state index is 13.3. The van der Waals surface area contributed by atoms with Crippen molar-refractivity contribution in [1.82, 2.24) is 10.3 Å². The number of amidine groups is 1. The van der Waals surface area contributed by atoms with Crippen LogP contribution in [0.15, 0.2) is 87.4 Å². The van der Waals surface area contributed by atoms with Crippen molar-refractivity contribution < 1.29 is 9.53 Å². The molecular formula is C25H21BrN4O2S. The molecule has 0 aromatic heterocycles. The molecular weight excluding hydrogens is 500 g/mol. The average Bonchev–Trinajstić information content (AvgIpc) is 2.84. The number of benzene rings is 3. The fourth-order valence-electron chi connectivity index (χ4n) is 3.80. The Bertz CT molecular complexity index is 1360. The summed E-state index contributed by atoms with van der Waals surface area (Å²) in [6, 6.07) is 23.6. The van der Waals surface area contributed by atoms with Crippen LogP contribution in [0, 0.1) is 0 Å². The summed E-state index contributed by atoms with van der Waals surface area (Å²) < 4.78 is 6.59. The number of hydrazone groups is 1. The molecule has 1 amide bonds. The Balaban J connectivity index is 1.59. The molecule has 0 saturated heterocycles. The fraction of sp³-hybridized carbons (Fsp3) is 0.160. The highest BCUT2D eigenvalue weighted by atomic mass is 79.9. The molecule has 8 heteroatoms. The Morgan fingerprint density at radius 3 is 2.70 bits per heavy atom. The van der Waals surface area contributed by atoms with E-state index in [2.05, 4.69) is 33.4 Å². The van der Waals surface area contributed by atoms with Crippen LogP contribution in [0.1, 0.15) is 24.2 Å². The molecule has 0 bridgehead atoms. The molecule has 1 atom stereocenters. The van der Waals surface area contributed by atoms with Crippen molar-refractivity contribution in [3.63, 3.8) is 0 Å². The van der Waals surface area contributed by atoms with E-state index in [0.717, 1.165) is 31.9 Å². The number of rotatable bonds is 5. The lowest BCUT2D eigenvalue weighted by molar-refractivity contribution is -0.116. The van der Waals surface area contributed by atoms with Gasteiger partial charge in [-0.3, -0.25) is 15.1 Å². The van der Waals surface area contributed by atoms with Crippen LogP contribution in [0.2, 0.25) is 0 Å². The third-order valence-electron chi connectivity index (χ3n) is 5.29. The van der Waals surface area contributed by atoms with Gasteiger partial charge in [-0.1, -0.05) is 76.2 Å². The molecule has 1 N–H and O–H groups in total. The molecule has 0 aliphatic carbocycles. The van der Waals surface area contributed by atoms with Gasteiger partial charge in [0.2, 0.25) is 0 Å². The molecule has 0 saturated carbocycles. The van der Waals surface area contributed by atoms with E-state index in [-0.39, 0.29) is 5.91 Å². The largest absolute Gasteiger partial charge is 0.494 e. The second kappa shape index (κ2) is 9.41. The summed E-state index contributed by atoms with van der Waals surface area (Å²) in [5.74, 6) is 1.26. The number of para-hydroxylation sites is 1. The number of carbonyl (C=O) groups is 1. The van der Waals surface area contributed by atoms with E-state index < -0.39 is 6.17 Å². The van der Waals surface area contributed by atoms with E-state index in [1.54, 1.807) is 5.01 Å². The van der Waals surface area contributed by atoms with Crippen LogP contribution in [0.5, 0.6) is 5.75 Å². The number of thioether (sulfide) groups is 1. The summed E-state index contributed by atoms with van der Waals surface area (Å²) in [6.45, 7) is 2.51. The van der Waals surface area contributed by atoms with E-state index in [9.17, 15) is 4.79 Å². The maximum Gasteiger partial charge on any atom is 0.276 e. The highest BCUT2D eigenvalue weighted by Gasteiger charge is 2.35. The van der Waals surface area contributed by atoms with Crippen molar-refractivity contribution in [3.8, 4) is 5.75 Å². The molecule has 6 nitrogen and oxygen atoms in total. The van der Waals surface area contributed by atoms with Gasteiger partial charge in [-0.2, -0.15) is 0 Å². The first-order valence-electron chi connectivity index (χ1n) is 10.6. The molecule has 0 unspecified atom stereocenters.